The van der Waals surface area contributed by atoms with E-state index >= 15 is 0 Å². The van der Waals surface area contributed by atoms with Crippen LogP contribution < -0.4 is 9.47 Å². The van der Waals surface area contributed by atoms with Crippen molar-refractivity contribution in [1.82, 2.24) is 9.55 Å². The van der Waals surface area contributed by atoms with Crippen molar-refractivity contribution in [3.63, 3.8) is 0 Å². The summed E-state index contributed by atoms with van der Waals surface area (Å²) in [7, 11) is 1.69. The minimum Gasteiger partial charge on any atom is -0.497 e. The van der Waals surface area contributed by atoms with Crippen molar-refractivity contribution in [2.24, 2.45) is 0 Å². The Kier molecular flexibility index (Phi) is 5.03. The van der Waals surface area contributed by atoms with Crippen molar-refractivity contribution in [2.45, 2.75) is 39.3 Å². The molecule has 5 heteroatoms. The van der Waals surface area contributed by atoms with Gasteiger partial charge in [-0.3, -0.25) is 0 Å². The monoisotopic (exact) mass is 366 g/mol. The predicted octanol–water partition coefficient (Wildman–Crippen LogP) is 4.27. The van der Waals surface area contributed by atoms with E-state index in [1.165, 1.54) is 22.2 Å². The third-order valence-corrected chi connectivity index (χ3v) is 5.42. The number of nitrogens with zero attached hydrogens (tertiary/aromatic N) is 2. The van der Waals surface area contributed by atoms with Gasteiger partial charge in [0.05, 0.1) is 13.2 Å². The highest BCUT2D eigenvalue weighted by Crippen LogP contribution is 2.32. The molecule has 1 aromatic carbocycles. The van der Waals surface area contributed by atoms with Gasteiger partial charge in [0.25, 0.3) is 0 Å². The van der Waals surface area contributed by atoms with Crippen molar-refractivity contribution in [3.05, 3.63) is 53.3 Å². The fourth-order valence-corrected chi connectivity index (χ4v) is 3.77. The van der Waals surface area contributed by atoms with Gasteiger partial charge in [-0.2, -0.15) is 0 Å². The summed E-state index contributed by atoms with van der Waals surface area (Å²) in [4.78, 5) is 4.53. The maximum atomic E-state index is 6.11. The van der Waals surface area contributed by atoms with E-state index < -0.39 is 0 Å². The molecule has 0 aliphatic carbocycles. The molecule has 1 atom stereocenters. The fraction of sp³-hybridized carbons (Fsp3) is 0.409. The van der Waals surface area contributed by atoms with E-state index in [0.717, 1.165) is 37.3 Å². The first kappa shape index (κ1) is 17.9. The first-order chi connectivity index (χ1) is 13.2. The molecule has 0 bridgehead atoms. The fourth-order valence-electron chi connectivity index (χ4n) is 3.77. The molecule has 1 fully saturated rings. The van der Waals surface area contributed by atoms with Gasteiger partial charge in [-0.15, -0.1) is 0 Å². The first-order valence-corrected chi connectivity index (χ1v) is 9.49. The largest absolute Gasteiger partial charge is 0.497 e. The van der Waals surface area contributed by atoms with E-state index in [2.05, 4.69) is 41.6 Å². The van der Waals surface area contributed by atoms with Crippen molar-refractivity contribution >= 4 is 10.9 Å². The van der Waals surface area contributed by atoms with Crippen molar-refractivity contribution in [2.75, 3.05) is 20.3 Å². The first-order valence-electron chi connectivity index (χ1n) is 9.49. The number of aromatic nitrogens is 2. The van der Waals surface area contributed by atoms with Crippen LogP contribution in [0.1, 0.15) is 29.7 Å². The van der Waals surface area contributed by atoms with E-state index in [4.69, 9.17) is 14.2 Å². The Hall–Kier alpha value is -2.53. The Morgan fingerprint density at radius 2 is 2.15 bits per heavy atom. The summed E-state index contributed by atoms with van der Waals surface area (Å²) in [6, 6.07) is 10.2. The van der Waals surface area contributed by atoms with E-state index in [9.17, 15) is 0 Å². The lowest BCUT2D eigenvalue weighted by Gasteiger charge is -2.14. The number of benzene rings is 1. The Labute approximate surface area is 159 Å². The molecule has 0 N–H and O–H groups in total. The highest BCUT2D eigenvalue weighted by atomic mass is 16.5. The van der Waals surface area contributed by atoms with Gasteiger partial charge in [0.2, 0.25) is 5.88 Å². The van der Waals surface area contributed by atoms with Gasteiger partial charge in [-0.05, 0) is 56.0 Å². The van der Waals surface area contributed by atoms with Crippen LogP contribution >= 0.6 is 0 Å². The average molecular weight is 366 g/mol. The summed E-state index contributed by atoms with van der Waals surface area (Å²) >= 11 is 0. The van der Waals surface area contributed by atoms with Gasteiger partial charge >= 0.3 is 0 Å². The van der Waals surface area contributed by atoms with Crippen LogP contribution in [0.3, 0.4) is 0 Å². The molecule has 0 spiro atoms. The zero-order valence-electron chi connectivity index (χ0n) is 16.2. The molecule has 142 valence electrons. The zero-order chi connectivity index (χ0) is 18.8. The Morgan fingerprint density at radius 1 is 1.26 bits per heavy atom. The summed E-state index contributed by atoms with van der Waals surface area (Å²) in [5, 5.41) is 1.19. The normalized spacial score (nSPS) is 16.8. The minimum absolute atomic E-state index is 0.172. The molecule has 0 saturated carbocycles. The number of pyridine rings is 1. The summed E-state index contributed by atoms with van der Waals surface area (Å²) in [5.41, 5.74) is 4.72. The van der Waals surface area contributed by atoms with Gasteiger partial charge in [-0.25, -0.2) is 4.98 Å². The number of hydrogen-bond donors (Lipinski definition) is 0. The van der Waals surface area contributed by atoms with Gasteiger partial charge in [-0.1, -0.05) is 12.1 Å². The third-order valence-electron chi connectivity index (χ3n) is 5.42. The second-order valence-corrected chi connectivity index (χ2v) is 7.11. The van der Waals surface area contributed by atoms with E-state index in [1.54, 1.807) is 7.11 Å². The molecule has 1 aliphatic heterocycles. The number of rotatable bonds is 6. The number of ether oxygens (including phenoxy) is 3. The molecule has 1 aliphatic rings. The molecule has 3 heterocycles. The van der Waals surface area contributed by atoms with Crippen molar-refractivity contribution in [3.8, 4) is 11.6 Å². The smallest absolute Gasteiger partial charge is 0.238 e. The molecule has 0 radical (unpaired) electrons. The summed E-state index contributed by atoms with van der Waals surface area (Å²) < 4.78 is 19.5. The highest BCUT2D eigenvalue weighted by Gasteiger charge is 2.20. The number of hydrogen-bond acceptors (Lipinski definition) is 4. The zero-order valence-corrected chi connectivity index (χ0v) is 16.2. The second kappa shape index (κ2) is 7.61. The Balaban J connectivity index is 1.70. The van der Waals surface area contributed by atoms with Crippen LogP contribution in [0.15, 0.2) is 36.5 Å². The second-order valence-electron chi connectivity index (χ2n) is 7.11. The molecule has 1 unspecified atom stereocenters. The summed E-state index contributed by atoms with van der Waals surface area (Å²) in [6.07, 6.45) is 4.16. The predicted molar refractivity (Wildman–Crippen MR) is 106 cm³/mol. The van der Waals surface area contributed by atoms with Crippen molar-refractivity contribution in [1.29, 1.82) is 0 Å². The van der Waals surface area contributed by atoms with Gasteiger partial charge in [0, 0.05) is 30.4 Å². The van der Waals surface area contributed by atoms with Crippen LogP contribution in [-0.4, -0.2) is 36.0 Å². The standard InChI is InChI=1S/C22H26N2O3/c1-15-16(2)24(13-17-6-4-7-18(12-17)25-3)21-20(15)9-10-23-22(21)27-14-19-8-5-11-26-19/h4,6-7,9-10,12,19H,5,8,11,13-14H2,1-3H3. The molecule has 2 aromatic heterocycles. The molecular formula is C22H26N2O3. The van der Waals surface area contributed by atoms with Gasteiger partial charge in [0.15, 0.2) is 0 Å². The third kappa shape index (κ3) is 3.52. The molecule has 0 amide bonds. The van der Waals surface area contributed by atoms with Crippen LogP contribution in [0.25, 0.3) is 10.9 Å². The maximum Gasteiger partial charge on any atom is 0.238 e. The quantitative estimate of drug-likeness (QED) is 0.654. The van der Waals surface area contributed by atoms with Crippen LogP contribution in [0.4, 0.5) is 0 Å². The van der Waals surface area contributed by atoms with Crippen LogP contribution in [0.2, 0.25) is 0 Å². The van der Waals surface area contributed by atoms with E-state index in [1.807, 2.05) is 18.3 Å². The van der Waals surface area contributed by atoms with Crippen LogP contribution in [0.5, 0.6) is 11.6 Å². The SMILES string of the molecule is COc1cccc(Cn2c(C)c(C)c3ccnc(OCC4CCCO4)c32)c1. The lowest BCUT2D eigenvalue weighted by atomic mass is 10.2. The van der Waals surface area contributed by atoms with Crippen molar-refractivity contribution < 1.29 is 14.2 Å². The maximum absolute atomic E-state index is 6.11. The highest BCUT2D eigenvalue weighted by molar-refractivity contribution is 5.89. The molecular weight excluding hydrogens is 340 g/mol. The van der Waals surface area contributed by atoms with E-state index in [0.29, 0.717) is 12.5 Å². The molecule has 1 saturated heterocycles. The Bertz CT molecular complexity index is 942. The molecule has 5 nitrogen and oxygen atoms in total. The van der Waals surface area contributed by atoms with Crippen LogP contribution in [0, 0.1) is 13.8 Å². The molecule has 3 aromatic rings. The lowest BCUT2D eigenvalue weighted by Crippen LogP contribution is -2.17. The topological polar surface area (TPSA) is 45.5 Å². The molecule has 27 heavy (non-hydrogen) atoms. The number of aryl methyl sites for hydroxylation is 1. The Morgan fingerprint density at radius 3 is 2.93 bits per heavy atom. The summed E-state index contributed by atoms with van der Waals surface area (Å²) in [5.74, 6) is 1.55. The van der Waals surface area contributed by atoms with Crippen LogP contribution in [-0.2, 0) is 11.3 Å². The van der Waals surface area contributed by atoms with E-state index in [-0.39, 0.29) is 6.10 Å². The minimum atomic E-state index is 0.172. The number of methoxy groups -OCH3 is 1. The van der Waals surface area contributed by atoms with Gasteiger partial charge < -0.3 is 18.8 Å². The van der Waals surface area contributed by atoms with Gasteiger partial charge in [0.1, 0.15) is 17.9 Å². The number of fused-ring (bicyclic) bond motifs is 1. The molecule has 4 rings (SSSR count). The summed E-state index contributed by atoms with van der Waals surface area (Å²) in [6.45, 7) is 6.43. The average Bonchev–Trinajstić information content (AvgIpc) is 3.30. The lowest BCUT2D eigenvalue weighted by molar-refractivity contribution is 0.0668.